The van der Waals surface area contributed by atoms with E-state index in [1.165, 1.54) is 18.2 Å². The van der Waals surface area contributed by atoms with Crippen LogP contribution < -0.4 is 14.8 Å². The Morgan fingerprint density at radius 1 is 1.20 bits per heavy atom. The summed E-state index contributed by atoms with van der Waals surface area (Å²) in [4.78, 5) is 22.4. The smallest absolute Gasteiger partial charge is 0.280 e. The molecule has 25 heavy (non-hydrogen) atoms. The third-order valence-corrected chi connectivity index (χ3v) is 3.32. The van der Waals surface area contributed by atoms with Gasteiger partial charge in [0.15, 0.2) is 11.5 Å². The zero-order valence-corrected chi connectivity index (χ0v) is 12.5. The second-order valence-electron chi connectivity index (χ2n) is 4.97. The number of nitrogens with zero attached hydrogens (tertiary/aromatic N) is 1. The van der Waals surface area contributed by atoms with Gasteiger partial charge in [0.2, 0.25) is 12.7 Å². The molecule has 0 atom stereocenters. The Kier molecular flexibility index (Phi) is 4.29. The molecular formula is C16H10F2N2O5. The number of benzene rings is 2. The predicted molar refractivity (Wildman–Crippen MR) is 83.2 cm³/mol. The largest absolute Gasteiger partial charge is 0.454 e. The standard InChI is InChI=1S/C16H10F2N2O5/c17-10-2-3-12(11(18)6-10)19-16(21)4-1-9-5-14-15(25-8-24-14)7-13(9)20(22)23/h1-7H,8H2,(H,19,21). The highest BCUT2D eigenvalue weighted by Crippen LogP contribution is 2.38. The van der Waals surface area contributed by atoms with Crippen molar-refractivity contribution in [2.24, 2.45) is 0 Å². The normalized spacial score (nSPS) is 12.4. The molecule has 2 aromatic carbocycles. The molecule has 0 saturated carbocycles. The van der Waals surface area contributed by atoms with E-state index in [4.69, 9.17) is 9.47 Å². The number of anilines is 1. The van der Waals surface area contributed by atoms with Gasteiger partial charge in [0, 0.05) is 12.1 Å². The number of fused-ring (bicyclic) bond motifs is 1. The van der Waals surface area contributed by atoms with E-state index in [9.17, 15) is 23.7 Å². The quantitative estimate of drug-likeness (QED) is 0.520. The van der Waals surface area contributed by atoms with Crippen LogP contribution in [0.2, 0.25) is 0 Å². The molecular weight excluding hydrogens is 338 g/mol. The van der Waals surface area contributed by atoms with E-state index in [-0.39, 0.29) is 29.5 Å². The van der Waals surface area contributed by atoms with E-state index < -0.39 is 22.5 Å². The minimum absolute atomic E-state index is 0.0516. The fourth-order valence-electron chi connectivity index (χ4n) is 2.17. The van der Waals surface area contributed by atoms with Crippen LogP contribution in [0.5, 0.6) is 11.5 Å². The highest BCUT2D eigenvalue weighted by atomic mass is 19.1. The summed E-state index contributed by atoms with van der Waals surface area (Å²) < 4.78 is 36.5. The van der Waals surface area contributed by atoms with Gasteiger partial charge in [-0.15, -0.1) is 0 Å². The molecule has 128 valence electrons. The molecule has 2 aromatic rings. The van der Waals surface area contributed by atoms with Crippen LogP contribution in [0.1, 0.15) is 5.56 Å². The first-order chi connectivity index (χ1) is 11.9. The maximum atomic E-state index is 13.5. The number of carbonyl (C=O) groups excluding carboxylic acids is 1. The van der Waals surface area contributed by atoms with Crippen LogP contribution in [0.15, 0.2) is 36.4 Å². The highest BCUT2D eigenvalue weighted by Gasteiger charge is 2.22. The first-order valence-corrected chi connectivity index (χ1v) is 6.96. The molecule has 1 aliphatic heterocycles. The molecule has 0 spiro atoms. The molecule has 1 heterocycles. The van der Waals surface area contributed by atoms with Gasteiger partial charge in [0.1, 0.15) is 11.6 Å². The van der Waals surface area contributed by atoms with Gasteiger partial charge in [-0.1, -0.05) is 0 Å². The first kappa shape index (κ1) is 16.4. The Morgan fingerprint density at radius 2 is 1.92 bits per heavy atom. The SMILES string of the molecule is O=C(C=Cc1cc2c(cc1[N+](=O)[O-])OCO2)Nc1ccc(F)cc1F. The lowest BCUT2D eigenvalue weighted by molar-refractivity contribution is -0.385. The van der Waals surface area contributed by atoms with E-state index in [0.717, 1.165) is 18.2 Å². The van der Waals surface area contributed by atoms with Crippen LogP contribution in [-0.4, -0.2) is 17.6 Å². The predicted octanol–water partition coefficient (Wildman–Crippen LogP) is 3.25. The van der Waals surface area contributed by atoms with Crippen LogP contribution >= 0.6 is 0 Å². The lowest BCUT2D eigenvalue weighted by Gasteiger charge is -2.04. The zero-order chi connectivity index (χ0) is 18.0. The summed E-state index contributed by atoms with van der Waals surface area (Å²) in [5, 5.41) is 13.3. The number of nitro groups is 1. The monoisotopic (exact) mass is 348 g/mol. The maximum absolute atomic E-state index is 13.5. The van der Waals surface area contributed by atoms with E-state index >= 15 is 0 Å². The van der Waals surface area contributed by atoms with Crippen LogP contribution in [0.25, 0.3) is 6.08 Å². The van der Waals surface area contributed by atoms with Gasteiger partial charge in [-0.05, 0) is 24.3 Å². The van der Waals surface area contributed by atoms with Gasteiger partial charge in [-0.25, -0.2) is 8.78 Å². The summed E-state index contributed by atoms with van der Waals surface area (Å²) >= 11 is 0. The van der Waals surface area contributed by atoms with Gasteiger partial charge >= 0.3 is 0 Å². The summed E-state index contributed by atoms with van der Waals surface area (Å²) in [6.45, 7) is -0.0516. The van der Waals surface area contributed by atoms with Crippen molar-refractivity contribution >= 4 is 23.4 Å². The molecule has 9 heteroatoms. The molecule has 0 saturated heterocycles. The van der Waals surface area contributed by atoms with Crippen LogP contribution in [-0.2, 0) is 4.79 Å². The van der Waals surface area contributed by atoms with E-state index in [1.807, 2.05) is 0 Å². The van der Waals surface area contributed by atoms with Crippen molar-refractivity contribution in [1.29, 1.82) is 0 Å². The van der Waals surface area contributed by atoms with Crippen molar-refractivity contribution in [3.05, 3.63) is 63.7 Å². The molecule has 1 amide bonds. The highest BCUT2D eigenvalue weighted by molar-refractivity contribution is 6.02. The minimum atomic E-state index is -0.934. The summed E-state index contributed by atoms with van der Waals surface area (Å²) in [6.07, 6.45) is 2.18. The molecule has 1 N–H and O–H groups in total. The van der Waals surface area contributed by atoms with Crippen molar-refractivity contribution in [2.45, 2.75) is 0 Å². The van der Waals surface area contributed by atoms with Gasteiger partial charge in [0.25, 0.3) is 5.69 Å². The first-order valence-electron chi connectivity index (χ1n) is 6.96. The molecule has 0 unspecified atom stereocenters. The molecule has 0 radical (unpaired) electrons. The van der Waals surface area contributed by atoms with Crippen LogP contribution in [0.4, 0.5) is 20.2 Å². The van der Waals surface area contributed by atoms with Gasteiger partial charge in [-0.3, -0.25) is 14.9 Å². The van der Waals surface area contributed by atoms with Crippen molar-refractivity contribution in [1.82, 2.24) is 0 Å². The molecule has 3 rings (SSSR count). The number of amides is 1. The number of nitro benzene ring substituents is 1. The Labute approximate surface area is 139 Å². The Bertz CT molecular complexity index is 898. The van der Waals surface area contributed by atoms with E-state index in [0.29, 0.717) is 11.8 Å². The van der Waals surface area contributed by atoms with Gasteiger partial charge in [0.05, 0.1) is 22.2 Å². The molecule has 1 aliphatic rings. The molecule has 0 bridgehead atoms. The lowest BCUT2D eigenvalue weighted by Crippen LogP contribution is -2.09. The van der Waals surface area contributed by atoms with Crippen molar-refractivity contribution in [3.63, 3.8) is 0 Å². The molecule has 0 aromatic heterocycles. The summed E-state index contributed by atoms with van der Waals surface area (Å²) in [7, 11) is 0. The minimum Gasteiger partial charge on any atom is -0.454 e. The maximum Gasteiger partial charge on any atom is 0.280 e. The van der Waals surface area contributed by atoms with Crippen molar-refractivity contribution in [2.75, 3.05) is 12.1 Å². The zero-order valence-electron chi connectivity index (χ0n) is 12.5. The number of carbonyl (C=O) groups is 1. The number of ether oxygens (including phenoxy) is 2. The average Bonchev–Trinajstić information content (AvgIpc) is 3.02. The fraction of sp³-hybridized carbons (Fsp3) is 0.0625. The molecule has 0 aliphatic carbocycles. The third kappa shape index (κ3) is 3.55. The molecule has 7 nitrogen and oxygen atoms in total. The van der Waals surface area contributed by atoms with Crippen LogP contribution in [0, 0.1) is 21.7 Å². The summed E-state index contributed by atoms with van der Waals surface area (Å²) in [6, 6.07) is 5.24. The topological polar surface area (TPSA) is 90.7 Å². The summed E-state index contributed by atoms with van der Waals surface area (Å²) in [5.41, 5.74) is -0.374. The van der Waals surface area contributed by atoms with Crippen molar-refractivity contribution < 1.29 is 28.0 Å². The second kappa shape index (κ2) is 6.56. The van der Waals surface area contributed by atoms with E-state index in [1.54, 1.807) is 0 Å². The Balaban J connectivity index is 1.81. The number of hydrogen-bond acceptors (Lipinski definition) is 5. The third-order valence-electron chi connectivity index (χ3n) is 3.32. The van der Waals surface area contributed by atoms with Gasteiger partial charge < -0.3 is 14.8 Å². The second-order valence-corrected chi connectivity index (χ2v) is 4.97. The lowest BCUT2D eigenvalue weighted by atomic mass is 10.1. The average molecular weight is 348 g/mol. The number of hydrogen-bond donors (Lipinski definition) is 1. The van der Waals surface area contributed by atoms with Crippen LogP contribution in [0.3, 0.4) is 0 Å². The number of nitrogens with one attached hydrogen (secondary N) is 1. The van der Waals surface area contributed by atoms with Crippen molar-refractivity contribution in [3.8, 4) is 11.5 Å². The number of halogens is 2. The summed E-state index contributed by atoms with van der Waals surface area (Å²) in [5.74, 6) is -1.90. The van der Waals surface area contributed by atoms with E-state index in [2.05, 4.69) is 5.32 Å². The van der Waals surface area contributed by atoms with Gasteiger partial charge in [-0.2, -0.15) is 0 Å². The Hall–Kier alpha value is -3.49. The fourth-order valence-corrected chi connectivity index (χ4v) is 2.17. The molecule has 0 fully saturated rings. The Morgan fingerprint density at radius 3 is 2.60 bits per heavy atom. The number of rotatable bonds is 4.